The first-order valence-electron chi connectivity index (χ1n) is 13.5. The number of hydrogen-bond donors (Lipinski definition) is 2. The summed E-state index contributed by atoms with van der Waals surface area (Å²) in [5.41, 5.74) is 2.56. The summed E-state index contributed by atoms with van der Waals surface area (Å²) in [5, 5.41) is 15.7. The Morgan fingerprint density at radius 3 is 2.67 bits per heavy atom. The fourth-order valence-electron chi connectivity index (χ4n) is 5.09. The van der Waals surface area contributed by atoms with Crippen molar-refractivity contribution in [2.24, 2.45) is 0 Å². The SMILES string of the molecule is CC(C)c1csc(CCc2ccn3c(=O)c(/C=C/C(=O)O)c(N4CCN(C(=O)[C@H]5CCCN5)CC4)nc3c2)n1. The monoisotopic (exact) mass is 550 g/mol. The van der Waals surface area contributed by atoms with Gasteiger partial charge >= 0.3 is 5.97 Å². The summed E-state index contributed by atoms with van der Waals surface area (Å²) in [6.07, 6.45) is 7.42. The van der Waals surface area contributed by atoms with E-state index in [0.717, 1.165) is 54.6 Å². The van der Waals surface area contributed by atoms with E-state index in [0.29, 0.717) is 43.6 Å². The molecule has 2 saturated heterocycles. The number of aryl methyl sites for hydroxylation is 2. The smallest absolute Gasteiger partial charge is 0.328 e. The summed E-state index contributed by atoms with van der Waals surface area (Å²) in [6, 6.07) is 3.70. The Morgan fingerprint density at radius 1 is 1.21 bits per heavy atom. The van der Waals surface area contributed by atoms with Crippen LogP contribution < -0.4 is 15.8 Å². The largest absolute Gasteiger partial charge is 0.478 e. The molecule has 0 aromatic carbocycles. The molecular weight excluding hydrogens is 516 g/mol. The number of pyridine rings is 1. The Hall–Kier alpha value is -3.57. The average molecular weight is 551 g/mol. The lowest BCUT2D eigenvalue weighted by Gasteiger charge is -2.37. The zero-order valence-corrected chi connectivity index (χ0v) is 23.1. The normalized spacial score (nSPS) is 18.1. The van der Waals surface area contributed by atoms with Gasteiger partial charge < -0.3 is 20.2 Å². The number of carboxylic acids is 1. The molecule has 5 heterocycles. The Bertz CT molecular complexity index is 1450. The molecule has 3 aromatic rings. The molecule has 0 unspecified atom stereocenters. The minimum absolute atomic E-state index is 0.117. The highest BCUT2D eigenvalue weighted by Gasteiger charge is 2.30. The summed E-state index contributed by atoms with van der Waals surface area (Å²) in [6.45, 7) is 7.19. The molecule has 39 heavy (non-hydrogen) atoms. The number of aromatic nitrogens is 3. The maximum atomic E-state index is 13.5. The van der Waals surface area contributed by atoms with Crippen molar-refractivity contribution >= 4 is 40.8 Å². The lowest BCUT2D eigenvalue weighted by Crippen LogP contribution is -2.53. The predicted octanol–water partition coefficient (Wildman–Crippen LogP) is 2.56. The van der Waals surface area contributed by atoms with Gasteiger partial charge in [-0.2, -0.15) is 0 Å². The molecule has 0 spiro atoms. The highest BCUT2D eigenvalue weighted by molar-refractivity contribution is 7.09. The molecule has 5 rings (SSSR count). The van der Waals surface area contributed by atoms with E-state index in [9.17, 15) is 19.5 Å². The number of carboxylic acid groups (broad SMARTS) is 1. The maximum Gasteiger partial charge on any atom is 0.328 e. The zero-order chi connectivity index (χ0) is 27.5. The van der Waals surface area contributed by atoms with Crippen molar-refractivity contribution < 1.29 is 14.7 Å². The molecule has 206 valence electrons. The summed E-state index contributed by atoms with van der Waals surface area (Å²) in [4.78, 5) is 51.0. The topological polar surface area (TPSA) is 120 Å². The van der Waals surface area contributed by atoms with E-state index in [-0.39, 0.29) is 23.1 Å². The Kier molecular flexibility index (Phi) is 8.08. The van der Waals surface area contributed by atoms with E-state index >= 15 is 0 Å². The quantitative estimate of drug-likeness (QED) is 0.411. The highest BCUT2D eigenvalue weighted by atomic mass is 32.1. The van der Waals surface area contributed by atoms with Gasteiger partial charge in [0.1, 0.15) is 11.5 Å². The van der Waals surface area contributed by atoms with Gasteiger partial charge in [0, 0.05) is 50.3 Å². The fourth-order valence-corrected chi connectivity index (χ4v) is 6.05. The van der Waals surface area contributed by atoms with Crippen LogP contribution >= 0.6 is 11.3 Å². The molecule has 2 fully saturated rings. The number of amides is 1. The van der Waals surface area contributed by atoms with Crippen LogP contribution in [0.5, 0.6) is 0 Å². The van der Waals surface area contributed by atoms with Crippen LogP contribution in [0.2, 0.25) is 0 Å². The minimum atomic E-state index is -1.14. The first-order valence-corrected chi connectivity index (χ1v) is 14.4. The first kappa shape index (κ1) is 27.0. The number of carbonyl (C=O) groups is 2. The van der Waals surface area contributed by atoms with E-state index in [2.05, 4.69) is 24.5 Å². The Morgan fingerprint density at radius 2 is 2.00 bits per heavy atom. The summed E-state index contributed by atoms with van der Waals surface area (Å²) < 4.78 is 1.46. The third kappa shape index (κ3) is 6.04. The number of fused-ring (bicyclic) bond motifs is 1. The van der Waals surface area contributed by atoms with Crippen molar-refractivity contribution in [3.05, 3.63) is 62.0 Å². The molecule has 2 N–H and O–H groups in total. The van der Waals surface area contributed by atoms with Crippen LogP contribution in [-0.4, -0.2) is 75.0 Å². The van der Waals surface area contributed by atoms with Crippen molar-refractivity contribution in [2.45, 2.75) is 51.5 Å². The molecule has 1 amide bonds. The zero-order valence-electron chi connectivity index (χ0n) is 22.3. The molecule has 10 nitrogen and oxygen atoms in total. The number of thiazole rings is 1. The molecule has 1 atom stereocenters. The second-order valence-corrected chi connectivity index (χ2v) is 11.3. The number of nitrogens with zero attached hydrogens (tertiary/aromatic N) is 5. The van der Waals surface area contributed by atoms with Gasteiger partial charge in [0.25, 0.3) is 5.56 Å². The molecule has 2 aliphatic rings. The van der Waals surface area contributed by atoms with Crippen molar-refractivity contribution in [1.29, 1.82) is 0 Å². The van der Waals surface area contributed by atoms with Crippen molar-refractivity contribution in [1.82, 2.24) is 24.6 Å². The van der Waals surface area contributed by atoms with Gasteiger partial charge in [0.15, 0.2) is 0 Å². The van der Waals surface area contributed by atoms with Gasteiger partial charge in [0.2, 0.25) is 5.91 Å². The highest BCUT2D eigenvalue weighted by Crippen LogP contribution is 2.22. The van der Waals surface area contributed by atoms with Gasteiger partial charge in [-0.25, -0.2) is 14.8 Å². The predicted molar refractivity (Wildman–Crippen MR) is 152 cm³/mol. The summed E-state index contributed by atoms with van der Waals surface area (Å²) in [5.74, 6) is -0.172. The first-order chi connectivity index (χ1) is 18.8. The van der Waals surface area contributed by atoms with E-state index < -0.39 is 5.97 Å². The van der Waals surface area contributed by atoms with Crippen LogP contribution in [0.1, 0.15) is 54.4 Å². The number of hydrogen-bond acceptors (Lipinski definition) is 8. The van der Waals surface area contributed by atoms with Gasteiger partial charge in [-0.3, -0.25) is 14.0 Å². The lowest BCUT2D eigenvalue weighted by atomic mass is 10.1. The van der Waals surface area contributed by atoms with Crippen LogP contribution in [0.15, 0.2) is 34.6 Å². The number of aliphatic carboxylic acids is 1. The van der Waals surface area contributed by atoms with Crippen molar-refractivity contribution in [3.8, 4) is 0 Å². The third-order valence-corrected chi connectivity index (χ3v) is 8.27. The minimum Gasteiger partial charge on any atom is -0.478 e. The number of nitrogens with one attached hydrogen (secondary N) is 1. The average Bonchev–Trinajstić information content (AvgIpc) is 3.64. The van der Waals surface area contributed by atoms with Crippen LogP contribution in [0, 0.1) is 0 Å². The van der Waals surface area contributed by atoms with E-state index in [4.69, 9.17) is 9.97 Å². The van der Waals surface area contributed by atoms with Crippen LogP contribution in [0.3, 0.4) is 0 Å². The van der Waals surface area contributed by atoms with Gasteiger partial charge in [0.05, 0.1) is 22.3 Å². The third-order valence-electron chi connectivity index (χ3n) is 7.34. The van der Waals surface area contributed by atoms with Crippen molar-refractivity contribution in [2.75, 3.05) is 37.6 Å². The number of rotatable bonds is 8. The standard InChI is InChI=1S/C28H34N6O4S/c1-18(2)22-17-39-24(30-22)7-5-19-9-11-34-23(16-19)31-26(20(27(34)37)6-8-25(35)36)32-12-14-33(15-13-32)28(38)21-4-3-10-29-21/h6,8-9,11,16-18,21,29H,3-5,7,10,12-15H2,1-2H3,(H,35,36)/b8-6+/t21-/m1/s1. The Balaban J connectivity index is 1.40. The van der Waals surface area contributed by atoms with Crippen LogP contribution in [-0.2, 0) is 22.4 Å². The van der Waals surface area contributed by atoms with Crippen LogP contribution in [0.25, 0.3) is 11.7 Å². The van der Waals surface area contributed by atoms with Crippen LogP contribution in [0.4, 0.5) is 5.82 Å². The van der Waals surface area contributed by atoms with Gasteiger partial charge in [-0.15, -0.1) is 11.3 Å². The van der Waals surface area contributed by atoms with E-state index in [1.54, 1.807) is 17.5 Å². The number of anilines is 1. The second kappa shape index (κ2) is 11.7. The molecule has 11 heteroatoms. The maximum absolute atomic E-state index is 13.5. The summed E-state index contributed by atoms with van der Waals surface area (Å²) in [7, 11) is 0. The van der Waals surface area contributed by atoms with Gasteiger partial charge in [-0.05, 0) is 55.5 Å². The van der Waals surface area contributed by atoms with Crippen molar-refractivity contribution in [3.63, 3.8) is 0 Å². The molecule has 0 saturated carbocycles. The molecule has 0 aliphatic carbocycles. The number of carbonyl (C=O) groups excluding carboxylic acids is 1. The van der Waals surface area contributed by atoms with Gasteiger partial charge in [-0.1, -0.05) is 13.8 Å². The number of piperazine rings is 1. The Labute approximate surface area is 231 Å². The second-order valence-electron chi connectivity index (χ2n) is 10.4. The molecule has 3 aromatic heterocycles. The molecule has 0 radical (unpaired) electrons. The molecular formula is C28H34N6O4S. The lowest BCUT2D eigenvalue weighted by molar-refractivity contribution is -0.133. The molecule has 2 aliphatic heterocycles. The molecule has 0 bridgehead atoms. The van der Waals surface area contributed by atoms with E-state index in [1.807, 2.05) is 21.9 Å². The summed E-state index contributed by atoms with van der Waals surface area (Å²) >= 11 is 1.67. The van der Waals surface area contributed by atoms with E-state index in [1.165, 1.54) is 10.5 Å². The fraction of sp³-hybridized carbons (Fsp3) is 0.464.